The molecule has 0 aliphatic rings. The highest BCUT2D eigenvalue weighted by atomic mass is 32.2. The number of carbonyl (C=O) groups excluding carboxylic acids is 1. The first-order chi connectivity index (χ1) is 11.2. The molecule has 7 heteroatoms. The van der Waals surface area contributed by atoms with E-state index in [0.29, 0.717) is 17.5 Å². The minimum Gasteiger partial charge on any atom is -0.375 e. The summed E-state index contributed by atoms with van der Waals surface area (Å²) >= 11 is 1.35. The number of thioether (sulfide) groups is 1. The van der Waals surface area contributed by atoms with Crippen LogP contribution in [-0.4, -0.2) is 47.0 Å². The van der Waals surface area contributed by atoms with Crippen LogP contribution in [0.15, 0.2) is 35.5 Å². The van der Waals surface area contributed by atoms with E-state index in [1.807, 2.05) is 25.1 Å². The Morgan fingerprint density at radius 2 is 2.13 bits per heavy atom. The summed E-state index contributed by atoms with van der Waals surface area (Å²) in [5.74, 6) is 1.20. The molecule has 2 aromatic rings. The summed E-state index contributed by atoms with van der Waals surface area (Å²) < 4.78 is 0. The van der Waals surface area contributed by atoms with Crippen molar-refractivity contribution in [2.45, 2.75) is 24.9 Å². The topological polar surface area (TPSA) is 73.9 Å². The summed E-state index contributed by atoms with van der Waals surface area (Å²) in [6, 6.07) is 10.2. The Kier molecular flexibility index (Phi) is 6.93. The number of rotatable bonds is 9. The Morgan fingerprint density at radius 1 is 1.35 bits per heavy atom. The number of aromatic amines is 1. The van der Waals surface area contributed by atoms with Gasteiger partial charge in [0, 0.05) is 32.2 Å². The maximum Gasteiger partial charge on any atom is 0.230 e. The third-order valence-electron chi connectivity index (χ3n) is 3.37. The van der Waals surface area contributed by atoms with Crippen molar-refractivity contribution < 1.29 is 4.79 Å². The molecule has 1 heterocycles. The van der Waals surface area contributed by atoms with Gasteiger partial charge >= 0.3 is 0 Å². The number of H-pyrrole nitrogens is 1. The number of nitrogens with zero attached hydrogens (tertiary/aromatic N) is 3. The molecular formula is C16H23N5OS. The summed E-state index contributed by atoms with van der Waals surface area (Å²) in [5, 5.41) is 10.4. The minimum atomic E-state index is 0.0141. The van der Waals surface area contributed by atoms with Gasteiger partial charge in [-0.1, -0.05) is 36.9 Å². The van der Waals surface area contributed by atoms with Crippen molar-refractivity contribution in [3.8, 4) is 0 Å². The molecule has 6 nitrogen and oxygen atoms in total. The molecule has 2 N–H and O–H groups in total. The van der Waals surface area contributed by atoms with Crippen molar-refractivity contribution >= 4 is 23.4 Å². The van der Waals surface area contributed by atoms with Crippen molar-refractivity contribution in [3.05, 3.63) is 36.2 Å². The van der Waals surface area contributed by atoms with Crippen molar-refractivity contribution in [2.24, 2.45) is 0 Å². The zero-order chi connectivity index (χ0) is 16.5. The molecule has 2 rings (SSSR count). The van der Waals surface area contributed by atoms with E-state index in [1.165, 1.54) is 17.4 Å². The molecule has 0 spiro atoms. The molecule has 0 aliphatic carbocycles. The smallest absolute Gasteiger partial charge is 0.230 e. The number of aromatic nitrogens is 3. The number of nitrogens with one attached hydrogen (secondary N) is 2. The van der Waals surface area contributed by atoms with Crippen LogP contribution in [0.5, 0.6) is 0 Å². The maximum absolute atomic E-state index is 11.8. The summed E-state index contributed by atoms with van der Waals surface area (Å²) in [4.78, 5) is 18.2. The monoisotopic (exact) mass is 333 g/mol. The molecule has 0 saturated heterocycles. The number of hydrogen-bond donors (Lipinski definition) is 2. The second kappa shape index (κ2) is 9.19. The number of amides is 1. The number of hydrogen-bond acceptors (Lipinski definition) is 5. The predicted molar refractivity (Wildman–Crippen MR) is 93.8 cm³/mol. The molecule has 1 aromatic carbocycles. The van der Waals surface area contributed by atoms with Crippen LogP contribution in [0.3, 0.4) is 0 Å². The maximum atomic E-state index is 11.8. The van der Waals surface area contributed by atoms with Crippen LogP contribution in [-0.2, 0) is 11.2 Å². The predicted octanol–water partition coefficient (Wildman–Crippen LogP) is 2.10. The number of carbonyl (C=O) groups is 1. The van der Waals surface area contributed by atoms with E-state index in [9.17, 15) is 4.79 Å². The number of aryl methyl sites for hydroxylation is 1. The van der Waals surface area contributed by atoms with E-state index >= 15 is 0 Å². The molecule has 23 heavy (non-hydrogen) atoms. The van der Waals surface area contributed by atoms with Crippen LogP contribution in [0.1, 0.15) is 19.2 Å². The average molecular weight is 333 g/mol. The van der Waals surface area contributed by atoms with Gasteiger partial charge in [-0.3, -0.25) is 9.89 Å². The second-order valence-corrected chi connectivity index (χ2v) is 6.11. The minimum absolute atomic E-state index is 0.0141. The fraction of sp³-hybridized carbons (Fsp3) is 0.438. The van der Waals surface area contributed by atoms with E-state index in [1.54, 1.807) is 0 Å². The van der Waals surface area contributed by atoms with Crippen LogP contribution in [0, 0.1) is 0 Å². The van der Waals surface area contributed by atoms with E-state index in [2.05, 4.69) is 44.6 Å². The first kappa shape index (κ1) is 17.3. The molecule has 0 radical (unpaired) electrons. The van der Waals surface area contributed by atoms with Crippen LogP contribution in [0.25, 0.3) is 0 Å². The van der Waals surface area contributed by atoms with Crippen molar-refractivity contribution in [3.63, 3.8) is 0 Å². The third kappa shape index (κ3) is 5.94. The van der Waals surface area contributed by atoms with Crippen LogP contribution in [0.2, 0.25) is 0 Å². The molecule has 1 amide bonds. The number of anilines is 1. The van der Waals surface area contributed by atoms with Crippen LogP contribution >= 0.6 is 11.8 Å². The average Bonchev–Trinajstić information content (AvgIpc) is 3.05. The highest BCUT2D eigenvalue weighted by Crippen LogP contribution is 2.12. The van der Waals surface area contributed by atoms with Gasteiger partial charge in [0.05, 0.1) is 5.75 Å². The Hall–Kier alpha value is -2.02. The SMILES string of the molecule is CCc1nc(SCC(=O)NCCCN(C)c2ccccc2)n[nH]1. The first-order valence-corrected chi connectivity index (χ1v) is 8.74. The summed E-state index contributed by atoms with van der Waals surface area (Å²) in [6.45, 7) is 3.58. The van der Waals surface area contributed by atoms with Gasteiger partial charge in [-0.15, -0.1) is 5.10 Å². The van der Waals surface area contributed by atoms with Gasteiger partial charge in [-0.25, -0.2) is 4.98 Å². The van der Waals surface area contributed by atoms with E-state index in [4.69, 9.17) is 0 Å². The van der Waals surface area contributed by atoms with Crippen molar-refractivity contribution in [1.82, 2.24) is 20.5 Å². The van der Waals surface area contributed by atoms with Gasteiger partial charge in [-0.05, 0) is 18.6 Å². The molecule has 0 saturated carbocycles. The molecule has 0 fully saturated rings. The highest BCUT2D eigenvalue weighted by Gasteiger charge is 2.07. The molecule has 124 valence electrons. The second-order valence-electron chi connectivity index (χ2n) is 5.17. The number of para-hydroxylation sites is 1. The van der Waals surface area contributed by atoms with E-state index in [-0.39, 0.29) is 5.91 Å². The van der Waals surface area contributed by atoms with Gasteiger partial charge in [-0.2, -0.15) is 0 Å². The molecule has 0 bridgehead atoms. The van der Waals surface area contributed by atoms with Crippen LogP contribution in [0.4, 0.5) is 5.69 Å². The number of benzene rings is 1. The summed E-state index contributed by atoms with van der Waals surface area (Å²) in [6.07, 6.45) is 1.72. The Labute approximate surface area is 141 Å². The Bertz CT molecular complexity index is 602. The third-order valence-corrected chi connectivity index (χ3v) is 4.22. The van der Waals surface area contributed by atoms with E-state index < -0.39 is 0 Å². The zero-order valence-electron chi connectivity index (χ0n) is 13.6. The van der Waals surface area contributed by atoms with Gasteiger partial charge in [0.15, 0.2) is 0 Å². The lowest BCUT2D eigenvalue weighted by molar-refractivity contribution is -0.118. The lowest BCUT2D eigenvalue weighted by Gasteiger charge is -2.19. The summed E-state index contributed by atoms with van der Waals surface area (Å²) in [7, 11) is 2.06. The fourth-order valence-electron chi connectivity index (χ4n) is 2.04. The van der Waals surface area contributed by atoms with Crippen LogP contribution < -0.4 is 10.2 Å². The molecule has 0 atom stereocenters. The lowest BCUT2D eigenvalue weighted by Crippen LogP contribution is -2.29. The molecule has 1 aromatic heterocycles. The van der Waals surface area contributed by atoms with Gasteiger partial charge in [0.2, 0.25) is 11.1 Å². The fourth-order valence-corrected chi connectivity index (χ4v) is 2.68. The standard InChI is InChI=1S/C16H23N5OS/c1-3-14-18-16(20-19-14)23-12-15(22)17-10-7-11-21(2)13-8-5-4-6-9-13/h4-6,8-9H,3,7,10-12H2,1-2H3,(H,17,22)(H,18,19,20). The lowest BCUT2D eigenvalue weighted by atomic mass is 10.3. The Morgan fingerprint density at radius 3 is 2.83 bits per heavy atom. The normalized spacial score (nSPS) is 10.5. The molecule has 0 unspecified atom stereocenters. The van der Waals surface area contributed by atoms with Crippen molar-refractivity contribution in [2.75, 3.05) is 30.8 Å². The first-order valence-electron chi connectivity index (χ1n) is 7.76. The largest absolute Gasteiger partial charge is 0.375 e. The van der Waals surface area contributed by atoms with Crippen molar-refractivity contribution in [1.29, 1.82) is 0 Å². The highest BCUT2D eigenvalue weighted by molar-refractivity contribution is 7.99. The van der Waals surface area contributed by atoms with E-state index in [0.717, 1.165) is 25.2 Å². The summed E-state index contributed by atoms with van der Waals surface area (Å²) in [5.41, 5.74) is 1.19. The van der Waals surface area contributed by atoms with Gasteiger partial charge < -0.3 is 10.2 Å². The zero-order valence-corrected chi connectivity index (χ0v) is 14.4. The van der Waals surface area contributed by atoms with Gasteiger partial charge in [0.25, 0.3) is 0 Å². The quantitative estimate of drug-likeness (QED) is 0.543. The molecule has 0 aliphatic heterocycles. The molecular weight excluding hydrogens is 310 g/mol. The van der Waals surface area contributed by atoms with Gasteiger partial charge in [0.1, 0.15) is 5.82 Å². The Balaban J connectivity index is 1.59.